The zero-order valence-electron chi connectivity index (χ0n) is 16.5. The minimum Gasteiger partial charge on any atom is -0.482 e. The Hall–Kier alpha value is -3.44. The summed E-state index contributed by atoms with van der Waals surface area (Å²) in [7, 11) is 0. The maximum absolute atomic E-state index is 13.2. The maximum atomic E-state index is 13.2. The molecule has 5 heteroatoms. The van der Waals surface area contributed by atoms with E-state index in [1.165, 1.54) is 0 Å². The van der Waals surface area contributed by atoms with Gasteiger partial charge in [0.15, 0.2) is 6.61 Å². The molecule has 1 aromatic heterocycles. The molecule has 3 aromatic carbocycles. The lowest BCUT2D eigenvalue weighted by molar-refractivity contribution is -0.121. The molecular weight excluding hydrogens is 392 g/mol. The normalized spacial score (nSPS) is 13.3. The van der Waals surface area contributed by atoms with Crippen molar-refractivity contribution >= 4 is 22.9 Å². The highest BCUT2D eigenvalue weighted by Gasteiger charge is 2.34. The number of hydrogen-bond acceptors (Lipinski definition) is 4. The molecule has 5 rings (SSSR count). The Morgan fingerprint density at radius 2 is 1.63 bits per heavy atom. The fraction of sp³-hybridized carbons (Fsp3) is 0.120. The fourth-order valence-corrected chi connectivity index (χ4v) is 4.49. The highest BCUT2D eigenvalue weighted by Crippen LogP contribution is 2.42. The summed E-state index contributed by atoms with van der Waals surface area (Å²) in [5.41, 5.74) is 4.77. The summed E-state index contributed by atoms with van der Waals surface area (Å²) >= 11 is 1.62. The average molecular weight is 413 g/mol. The van der Waals surface area contributed by atoms with Gasteiger partial charge in [0.05, 0.1) is 22.4 Å². The van der Waals surface area contributed by atoms with E-state index in [1.54, 1.807) is 11.3 Å². The van der Waals surface area contributed by atoms with E-state index in [2.05, 4.69) is 29.2 Å². The molecule has 0 fully saturated rings. The maximum Gasteiger partial charge on any atom is 0.265 e. The molecule has 4 aromatic rings. The first kappa shape index (κ1) is 18.6. The number of ether oxygens (including phenoxy) is 1. The van der Waals surface area contributed by atoms with Crippen LogP contribution in [0.5, 0.6) is 5.75 Å². The third kappa shape index (κ3) is 3.37. The first-order chi connectivity index (χ1) is 14.7. The van der Waals surface area contributed by atoms with Crippen LogP contribution in [0.25, 0.3) is 11.3 Å². The summed E-state index contributed by atoms with van der Waals surface area (Å²) in [6.07, 6.45) is 0. The molecule has 0 unspecified atom stereocenters. The Labute approximate surface area is 179 Å². The van der Waals surface area contributed by atoms with Gasteiger partial charge in [0.2, 0.25) is 0 Å². The summed E-state index contributed by atoms with van der Waals surface area (Å²) < 4.78 is 5.77. The van der Waals surface area contributed by atoms with Crippen molar-refractivity contribution in [2.75, 3.05) is 11.5 Å². The second-order valence-corrected chi connectivity index (χ2v) is 8.27. The highest BCUT2D eigenvalue weighted by atomic mass is 32.1. The number of carbonyl (C=O) groups excluding carboxylic acids is 1. The van der Waals surface area contributed by atoms with E-state index in [0.29, 0.717) is 5.75 Å². The van der Waals surface area contributed by atoms with E-state index in [4.69, 9.17) is 4.74 Å². The minimum atomic E-state index is -0.241. The lowest BCUT2D eigenvalue weighted by Crippen LogP contribution is -2.42. The van der Waals surface area contributed by atoms with Crippen LogP contribution >= 0.6 is 11.3 Å². The smallest absolute Gasteiger partial charge is 0.265 e. The molecular formula is C25H20N2O2S. The van der Waals surface area contributed by atoms with Gasteiger partial charge in [-0.1, -0.05) is 60.7 Å². The van der Waals surface area contributed by atoms with Crippen LogP contribution in [0.2, 0.25) is 0 Å². The topological polar surface area (TPSA) is 42.4 Å². The average Bonchev–Trinajstić information content (AvgIpc) is 3.23. The van der Waals surface area contributed by atoms with Crippen molar-refractivity contribution in [3.63, 3.8) is 0 Å². The number of aromatic nitrogens is 1. The summed E-state index contributed by atoms with van der Waals surface area (Å²) in [5, 5.41) is 3.05. The van der Waals surface area contributed by atoms with Crippen LogP contribution < -0.4 is 9.64 Å². The van der Waals surface area contributed by atoms with Crippen molar-refractivity contribution in [3.8, 4) is 17.0 Å². The molecule has 0 N–H and O–H groups in total. The molecule has 0 aliphatic carbocycles. The van der Waals surface area contributed by atoms with E-state index >= 15 is 0 Å². The van der Waals surface area contributed by atoms with Crippen LogP contribution in [0.3, 0.4) is 0 Å². The van der Waals surface area contributed by atoms with E-state index in [9.17, 15) is 4.79 Å². The number of fused-ring (bicyclic) bond motifs is 1. The van der Waals surface area contributed by atoms with Gasteiger partial charge in [-0.2, -0.15) is 0 Å². The van der Waals surface area contributed by atoms with Gasteiger partial charge in [-0.15, -0.1) is 11.3 Å². The Morgan fingerprint density at radius 3 is 2.23 bits per heavy atom. The molecule has 0 radical (unpaired) electrons. The van der Waals surface area contributed by atoms with Crippen LogP contribution in [0, 0.1) is 6.92 Å². The Morgan fingerprint density at radius 1 is 0.967 bits per heavy atom. The van der Waals surface area contributed by atoms with Crippen LogP contribution in [0.1, 0.15) is 22.2 Å². The summed E-state index contributed by atoms with van der Waals surface area (Å²) in [4.78, 5) is 19.7. The van der Waals surface area contributed by atoms with Crippen molar-refractivity contribution in [1.29, 1.82) is 0 Å². The third-order valence-electron chi connectivity index (χ3n) is 5.24. The molecule has 4 nitrogen and oxygen atoms in total. The monoisotopic (exact) mass is 412 g/mol. The largest absolute Gasteiger partial charge is 0.482 e. The van der Waals surface area contributed by atoms with Crippen molar-refractivity contribution in [3.05, 3.63) is 100 Å². The van der Waals surface area contributed by atoms with E-state index in [-0.39, 0.29) is 18.6 Å². The minimum absolute atomic E-state index is 0.0261. The molecule has 30 heavy (non-hydrogen) atoms. The number of amides is 1. The molecule has 0 saturated heterocycles. The first-order valence-electron chi connectivity index (χ1n) is 9.82. The number of carbonyl (C=O) groups is 1. The molecule has 0 saturated carbocycles. The van der Waals surface area contributed by atoms with Gasteiger partial charge in [-0.05, 0) is 36.2 Å². The predicted molar refractivity (Wildman–Crippen MR) is 120 cm³/mol. The lowest BCUT2D eigenvalue weighted by atomic mass is 9.95. The number of anilines is 1. The summed E-state index contributed by atoms with van der Waals surface area (Å²) in [6.45, 7) is 2.02. The first-order valence-corrected chi connectivity index (χ1v) is 10.7. The molecule has 1 amide bonds. The highest BCUT2D eigenvalue weighted by molar-refractivity contribution is 7.09. The second kappa shape index (κ2) is 7.76. The van der Waals surface area contributed by atoms with Crippen LogP contribution in [0.4, 0.5) is 5.69 Å². The molecule has 1 aliphatic rings. The van der Waals surface area contributed by atoms with Crippen molar-refractivity contribution in [1.82, 2.24) is 4.98 Å². The van der Waals surface area contributed by atoms with Gasteiger partial charge in [-0.3, -0.25) is 9.69 Å². The Bertz CT molecular complexity index is 1150. The number of nitrogens with zero attached hydrogens (tertiary/aromatic N) is 2. The van der Waals surface area contributed by atoms with Gasteiger partial charge in [0, 0.05) is 10.9 Å². The summed E-state index contributed by atoms with van der Waals surface area (Å²) in [5.74, 6) is 0.647. The van der Waals surface area contributed by atoms with Gasteiger partial charge in [-0.25, -0.2) is 4.98 Å². The zero-order chi connectivity index (χ0) is 20.5. The van der Waals surface area contributed by atoms with Gasteiger partial charge >= 0.3 is 0 Å². The van der Waals surface area contributed by atoms with Gasteiger partial charge in [0.25, 0.3) is 5.91 Å². The van der Waals surface area contributed by atoms with Crippen molar-refractivity contribution in [2.24, 2.45) is 0 Å². The SMILES string of the molecule is Cc1nc(-c2ccc3c(c2)N(C(c2ccccc2)c2ccccc2)C(=O)CO3)cs1. The second-order valence-electron chi connectivity index (χ2n) is 7.21. The van der Waals surface area contributed by atoms with Crippen LogP contribution in [-0.4, -0.2) is 17.5 Å². The molecule has 0 bridgehead atoms. The molecule has 0 spiro atoms. The van der Waals surface area contributed by atoms with Crippen LogP contribution in [0.15, 0.2) is 84.2 Å². The number of rotatable bonds is 4. The standard InChI is InChI=1S/C25H20N2O2S/c1-17-26-21(16-30-17)20-12-13-23-22(14-20)27(24(28)15-29-23)25(18-8-4-2-5-9-18)19-10-6-3-7-11-19/h2-14,16,25H,15H2,1H3. The zero-order valence-corrected chi connectivity index (χ0v) is 17.3. The van der Waals surface area contributed by atoms with Gasteiger partial charge in [0.1, 0.15) is 5.75 Å². The molecule has 0 atom stereocenters. The molecule has 2 heterocycles. The van der Waals surface area contributed by atoms with Crippen molar-refractivity contribution in [2.45, 2.75) is 13.0 Å². The number of hydrogen-bond donors (Lipinski definition) is 0. The molecule has 1 aliphatic heterocycles. The molecule has 148 valence electrons. The lowest BCUT2D eigenvalue weighted by Gasteiger charge is -2.36. The van der Waals surface area contributed by atoms with E-state index in [1.807, 2.05) is 71.8 Å². The quantitative estimate of drug-likeness (QED) is 0.436. The Kier molecular flexibility index (Phi) is 4.81. The van der Waals surface area contributed by atoms with Crippen LogP contribution in [-0.2, 0) is 4.79 Å². The fourth-order valence-electron chi connectivity index (χ4n) is 3.87. The van der Waals surface area contributed by atoms with E-state index in [0.717, 1.165) is 33.1 Å². The van der Waals surface area contributed by atoms with Gasteiger partial charge < -0.3 is 4.74 Å². The predicted octanol–water partition coefficient (Wildman–Crippen LogP) is 5.63. The van der Waals surface area contributed by atoms with Crippen molar-refractivity contribution < 1.29 is 9.53 Å². The van der Waals surface area contributed by atoms with E-state index < -0.39 is 0 Å². The summed E-state index contributed by atoms with van der Waals surface area (Å²) in [6, 6.07) is 26.0. The number of aryl methyl sites for hydroxylation is 1. The number of benzene rings is 3. The number of thiazole rings is 1. The Balaban J connectivity index is 1.68. The third-order valence-corrected chi connectivity index (χ3v) is 6.02.